The average molecular weight is 396 g/mol. The minimum Gasteiger partial charge on any atom is -0.381 e. The number of anilines is 1. The van der Waals surface area contributed by atoms with Crippen molar-refractivity contribution in [1.82, 2.24) is 15.1 Å². The largest absolute Gasteiger partial charge is 0.381 e. The number of aromatic nitrogens is 2. The summed E-state index contributed by atoms with van der Waals surface area (Å²) in [6, 6.07) is 11.4. The number of carbonyl (C=O) groups excluding carboxylic acids is 2. The fourth-order valence-electron chi connectivity index (χ4n) is 4.21. The van der Waals surface area contributed by atoms with E-state index in [4.69, 9.17) is 4.74 Å². The Morgan fingerprint density at radius 3 is 2.48 bits per heavy atom. The van der Waals surface area contributed by atoms with Gasteiger partial charge in [-0.2, -0.15) is 5.10 Å². The van der Waals surface area contributed by atoms with Crippen LogP contribution in [0.25, 0.3) is 0 Å². The first-order chi connectivity index (χ1) is 14.1. The van der Waals surface area contributed by atoms with Gasteiger partial charge in [-0.15, -0.1) is 0 Å². The normalized spacial score (nSPS) is 18.6. The molecule has 2 aliphatic rings. The Bertz CT molecular complexity index is 837. The van der Waals surface area contributed by atoms with Crippen LogP contribution in [-0.2, 0) is 9.53 Å². The van der Waals surface area contributed by atoms with E-state index in [1.54, 1.807) is 11.9 Å². The van der Waals surface area contributed by atoms with Crippen molar-refractivity contribution in [2.75, 3.05) is 38.3 Å². The van der Waals surface area contributed by atoms with Gasteiger partial charge in [-0.1, -0.05) is 18.2 Å². The number of nitrogens with one attached hydrogen (secondary N) is 1. The number of ether oxygens (including phenoxy) is 1. The van der Waals surface area contributed by atoms with E-state index < -0.39 is 0 Å². The number of hydrogen-bond acceptors (Lipinski definition) is 4. The van der Waals surface area contributed by atoms with Crippen molar-refractivity contribution in [2.45, 2.75) is 31.6 Å². The van der Waals surface area contributed by atoms with Crippen LogP contribution in [0, 0.1) is 5.92 Å². The number of para-hydroxylation sites is 1. The molecule has 154 valence electrons. The van der Waals surface area contributed by atoms with Gasteiger partial charge in [-0.3, -0.25) is 14.7 Å². The van der Waals surface area contributed by atoms with Gasteiger partial charge in [0.15, 0.2) is 5.69 Å². The van der Waals surface area contributed by atoms with E-state index in [1.165, 1.54) is 0 Å². The number of nitrogens with zero attached hydrogens (tertiary/aromatic N) is 3. The van der Waals surface area contributed by atoms with Gasteiger partial charge in [-0.25, -0.2) is 0 Å². The standard InChI is InChI=1S/C22H28N4O3/c1-25(18-5-3-2-4-6-18)22(28)20-15-19(23-24-20)16-7-11-26(12-8-16)21(27)17-9-13-29-14-10-17/h2-6,15-17H,7-14H2,1H3,(H,23,24). The molecule has 0 saturated carbocycles. The summed E-state index contributed by atoms with van der Waals surface area (Å²) >= 11 is 0. The second-order valence-electron chi connectivity index (χ2n) is 7.89. The number of H-pyrrole nitrogens is 1. The van der Waals surface area contributed by atoms with Gasteiger partial charge in [0.25, 0.3) is 5.91 Å². The Hall–Kier alpha value is -2.67. The highest BCUT2D eigenvalue weighted by atomic mass is 16.5. The van der Waals surface area contributed by atoms with Crippen LogP contribution >= 0.6 is 0 Å². The van der Waals surface area contributed by atoms with Gasteiger partial charge in [-0.05, 0) is 43.9 Å². The first-order valence-corrected chi connectivity index (χ1v) is 10.4. The lowest BCUT2D eigenvalue weighted by Crippen LogP contribution is -2.42. The molecule has 1 aromatic heterocycles. The molecule has 0 atom stereocenters. The van der Waals surface area contributed by atoms with E-state index in [9.17, 15) is 9.59 Å². The molecular formula is C22H28N4O3. The van der Waals surface area contributed by atoms with Crippen molar-refractivity contribution in [2.24, 2.45) is 5.92 Å². The third-order valence-corrected chi connectivity index (χ3v) is 6.08. The molecule has 0 unspecified atom stereocenters. The maximum atomic E-state index is 12.7. The highest BCUT2D eigenvalue weighted by Gasteiger charge is 2.30. The van der Waals surface area contributed by atoms with Crippen LogP contribution in [0.15, 0.2) is 36.4 Å². The Balaban J connectivity index is 1.34. The molecule has 3 heterocycles. The van der Waals surface area contributed by atoms with E-state index in [-0.39, 0.29) is 17.7 Å². The molecule has 0 radical (unpaired) electrons. The number of rotatable bonds is 4. The van der Waals surface area contributed by atoms with Crippen molar-refractivity contribution in [3.63, 3.8) is 0 Å². The molecule has 1 aromatic carbocycles. The summed E-state index contributed by atoms with van der Waals surface area (Å²) in [5.74, 6) is 0.553. The monoisotopic (exact) mass is 396 g/mol. The summed E-state index contributed by atoms with van der Waals surface area (Å²) in [7, 11) is 1.76. The third kappa shape index (κ3) is 4.34. The molecule has 0 bridgehead atoms. The third-order valence-electron chi connectivity index (χ3n) is 6.08. The molecule has 2 aliphatic heterocycles. The first kappa shape index (κ1) is 19.6. The lowest BCUT2D eigenvalue weighted by molar-refractivity contribution is -0.139. The minimum absolute atomic E-state index is 0.116. The quantitative estimate of drug-likeness (QED) is 0.862. The Labute approximate surface area is 171 Å². The number of piperidine rings is 1. The molecule has 7 heteroatoms. The molecule has 7 nitrogen and oxygen atoms in total. The Morgan fingerprint density at radius 2 is 1.79 bits per heavy atom. The molecule has 29 heavy (non-hydrogen) atoms. The van der Waals surface area contributed by atoms with E-state index >= 15 is 0 Å². The van der Waals surface area contributed by atoms with Crippen LogP contribution in [0.2, 0.25) is 0 Å². The van der Waals surface area contributed by atoms with Gasteiger partial charge < -0.3 is 14.5 Å². The summed E-state index contributed by atoms with van der Waals surface area (Å²) in [6.45, 7) is 2.89. The number of aromatic amines is 1. The van der Waals surface area contributed by atoms with E-state index in [0.29, 0.717) is 24.8 Å². The maximum absolute atomic E-state index is 12.7. The van der Waals surface area contributed by atoms with E-state index in [0.717, 1.165) is 50.2 Å². The van der Waals surface area contributed by atoms with Crippen molar-refractivity contribution in [1.29, 1.82) is 0 Å². The SMILES string of the molecule is CN(C(=O)c1cc(C2CCN(C(=O)C3CCOCC3)CC2)[nH]n1)c1ccccc1. The Kier molecular flexibility index (Phi) is 5.94. The summed E-state index contributed by atoms with van der Waals surface area (Å²) in [5, 5.41) is 7.31. The number of benzene rings is 1. The first-order valence-electron chi connectivity index (χ1n) is 10.4. The number of amides is 2. The van der Waals surface area contributed by atoms with Gasteiger partial charge in [0.2, 0.25) is 5.91 Å². The summed E-state index contributed by atoms with van der Waals surface area (Å²) < 4.78 is 5.37. The molecule has 2 saturated heterocycles. The topological polar surface area (TPSA) is 78.5 Å². The maximum Gasteiger partial charge on any atom is 0.278 e. The van der Waals surface area contributed by atoms with Crippen molar-refractivity contribution >= 4 is 17.5 Å². The van der Waals surface area contributed by atoms with Gasteiger partial charge in [0.05, 0.1) is 0 Å². The van der Waals surface area contributed by atoms with Crippen LogP contribution in [-0.4, -0.2) is 60.3 Å². The molecule has 0 spiro atoms. The molecule has 2 aromatic rings. The number of hydrogen-bond donors (Lipinski definition) is 1. The molecule has 1 N–H and O–H groups in total. The van der Waals surface area contributed by atoms with Crippen LogP contribution in [0.3, 0.4) is 0 Å². The van der Waals surface area contributed by atoms with Crippen LogP contribution in [0.4, 0.5) is 5.69 Å². The van der Waals surface area contributed by atoms with Crippen molar-refractivity contribution in [3.8, 4) is 0 Å². The predicted octanol–water partition coefficient (Wildman–Crippen LogP) is 2.82. The number of carbonyl (C=O) groups is 2. The van der Waals surface area contributed by atoms with Gasteiger partial charge >= 0.3 is 0 Å². The van der Waals surface area contributed by atoms with Gasteiger partial charge in [0, 0.05) is 56.6 Å². The van der Waals surface area contributed by atoms with Crippen LogP contribution in [0.1, 0.15) is 47.8 Å². The van der Waals surface area contributed by atoms with Gasteiger partial charge in [0.1, 0.15) is 0 Å². The Morgan fingerprint density at radius 1 is 1.10 bits per heavy atom. The average Bonchev–Trinajstić information content (AvgIpc) is 3.29. The minimum atomic E-state index is -0.133. The molecular weight excluding hydrogens is 368 g/mol. The molecule has 2 fully saturated rings. The molecule has 4 rings (SSSR count). The van der Waals surface area contributed by atoms with E-state index in [2.05, 4.69) is 10.2 Å². The van der Waals surface area contributed by atoms with E-state index in [1.807, 2.05) is 41.3 Å². The fraction of sp³-hybridized carbons (Fsp3) is 0.500. The van der Waals surface area contributed by atoms with Crippen LogP contribution < -0.4 is 4.90 Å². The fourth-order valence-corrected chi connectivity index (χ4v) is 4.21. The van der Waals surface area contributed by atoms with Crippen molar-refractivity contribution in [3.05, 3.63) is 47.8 Å². The smallest absolute Gasteiger partial charge is 0.278 e. The zero-order valence-electron chi connectivity index (χ0n) is 16.8. The summed E-state index contributed by atoms with van der Waals surface area (Å²) in [6.07, 6.45) is 3.44. The zero-order valence-corrected chi connectivity index (χ0v) is 16.8. The second-order valence-corrected chi connectivity index (χ2v) is 7.89. The molecule has 2 amide bonds. The summed E-state index contributed by atoms with van der Waals surface area (Å²) in [5.41, 5.74) is 2.24. The highest BCUT2D eigenvalue weighted by Crippen LogP contribution is 2.29. The highest BCUT2D eigenvalue weighted by molar-refractivity contribution is 6.04. The van der Waals surface area contributed by atoms with Crippen LogP contribution in [0.5, 0.6) is 0 Å². The number of likely N-dealkylation sites (tertiary alicyclic amines) is 1. The summed E-state index contributed by atoms with van der Waals surface area (Å²) in [4.78, 5) is 29.0. The lowest BCUT2D eigenvalue weighted by atomic mass is 9.91. The van der Waals surface area contributed by atoms with Crippen molar-refractivity contribution < 1.29 is 14.3 Å². The molecule has 0 aliphatic carbocycles. The second kappa shape index (κ2) is 8.78. The zero-order chi connectivity index (χ0) is 20.2. The lowest BCUT2D eigenvalue weighted by Gasteiger charge is -2.34. The predicted molar refractivity (Wildman–Crippen MR) is 110 cm³/mol.